The topological polar surface area (TPSA) is 92.9 Å². The molecular formula is C12H12ClN5O2. The summed E-state index contributed by atoms with van der Waals surface area (Å²) in [4.78, 5) is 20.0. The van der Waals surface area contributed by atoms with Gasteiger partial charge < -0.3 is 15.2 Å². The number of amides is 1. The molecule has 0 saturated carbocycles. The zero-order chi connectivity index (χ0) is 13.9. The number of nitrogens with zero attached hydrogens (tertiary/aromatic N) is 3. The van der Waals surface area contributed by atoms with Crippen LogP contribution in [0.4, 0.5) is 5.82 Å². The summed E-state index contributed by atoms with van der Waals surface area (Å²) < 4.78 is 5.10. The van der Waals surface area contributed by atoms with E-state index in [4.69, 9.17) is 16.1 Å². The number of nitrogens with one attached hydrogen (secondary N) is 2. The van der Waals surface area contributed by atoms with Crippen LogP contribution in [0.3, 0.4) is 0 Å². The van der Waals surface area contributed by atoms with Crippen molar-refractivity contribution in [1.29, 1.82) is 0 Å². The number of aromatic nitrogens is 3. The molecule has 2 N–H and O–H groups in total. The first-order valence-corrected chi connectivity index (χ1v) is 6.60. The first-order valence-electron chi connectivity index (χ1n) is 6.22. The highest BCUT2D eigenvalue weighted by Gasteiger charge is 2.24. The second-order valence-corrected chi connectivity index (χ2v) is 4.86. The Morgan fingerprint density at radius 1 is 1.50 bits per heavy atom. The fraction of sp³-hybridized carbons (Fsp3) is 0.333. The van der Waals surface area contributed by atoms with Crippen molar-refractivity contribution >= 4 is 23.3 Å². The van der Waals surface area contributed by atoms with Crippen molar-refractivity contribution in [2.45, 2.75) is 18.9 Å². The lowest BCUT2D eigenvalue weighted by molar-refractivity contribution is 0.101. The summed E-state index contributed by atoms with van der Waals surface area (Å²) in [7, 11) is 0. The van der Waals surface area contributed by atoms with Gasteiger partial charge in [-0.2, -0.15) is 4.98 Å². The van der Waals surface area contributed by atoms with Crippen LogP contribution in [0.25, 0.3) is 0 Å². The molecule has 20 heavy (non-hydrogen) atoms. The van der Waals surface area contributed by atoms with E-state index in [-0.39, 0.29) is 11.9 Å². The second-order valence-electron chi connectivity index (χ2n) is 4.42. The summed E-state index contributed by atoms with van der Waals surface area (Å²) in [5, 5.41) is 9.98. The van der Waals surface area contributed by atoms with Crippen LogP contribution >= 0.6 is 11.6 Å². The number of pyridine rings is 1. The molecule has 2 aromatic rings. The van der Waals surface area contributed by atoms with Crippen LogP contribution < -0.4 is 10.6 Å². The third kappa shape index (κ3) is 2.78. The second kappa shape index (κ2) is 5.56. The highest BCUT2D eigenvalue weighted by Crippen LogP contribution is 2.21. The van der Waals surface area contributed by atoms with Crippen LogP contribution in [-0.4, -0.2) is 27.6 Å². The molecule has 8 heteroatoms. The number of carbonyl (C=O) groups is 1. The van der Waals surface area contributed by atoms with E-state index in [0.29, 0.717) is 16.7 Å². The Labute approximate surface area is 119 Å². The third-order valence-electron chi connectivity index (χ3n) is 2.97. The Morgan fingerprint density at radius 3 is 3.10 bits per heavy atom. The average molecular weight is 294 g/mol. The summed E-state index contributed by atoms with van der Waals surface area (Å²) in [5.74, 6) is 0.347. The molecule has 1 fully saturated rings. The Hall–Kier alpha value is -1.99. The van der Waals surface area contributed by atoms with E-state index in [1.807, 2.05) is 0 Å². The maximum atomic E-state index is 11.9. The van der Waals surface area contributed by atoms with Crippen molar-refractivity contribution in [3.8, 4) is 0 Å². The first-order chi connectivity index (χ1) is 9.72. The van der Waals surface area contributed by atoms with Crippen molar-refractivity contribution in [2.24, 2.45) is 0 Å². The Morgan fingerprint density at radius 2 is 2.40 bits per heavy atom. The van der Waals surface area contributed by atoms with Gasteiger partial charge in [0.15, 0.2) is 0 Å². The van der Waals surface area contributed by atoms with Crippen molar-refractivity contribution in [1.82, 2.24) is 20.4 Å². The van der Waals surface area contributed by atoms with E-state index < -0.39 is 5.91 Å². The maximum absolute atomic E-state index is 11.9. The number of hydrogen-bond acceptors (Lipinski definition) is 6. The predicted molar refractivity (Wildman–Crippen MR) is 71.5 cm³/mol. The van der Waals surface area contributed by atoms with Crippen LogP contribution in [-0.2, 0) is 0 Å². The van der Waals surface area contributed by atoms with Gasteiger partial charge in [0.25, 0.3) is 11.7 Å². The molecule has 0 spiro atoms. The minimum Gasteiger partial charge on any atom is -0.337 e. The van der Waals surface area contributed by atoms with E-state index in [9.17, 15) is 4.79 Å². The molecule has 0 aliphatic carbocycles. The summed E-state index contributed by atoms with van der Waals surface area (Å²) in [6.45, 7) is 0.920. The molecule has 1 aliphatic rings. The van der Waals surface area contributed by atoms with Crippen molar-refractivity contribution in [3.05, 3.63) is 35.1 Å². The molecule has 0 aromatic carbocycles. The first kappa shape index (κ1) is 13.0. The smallest absolute Gasteiger partial charge is 0.298 e. The molecule has 2 aromatic heterocycles. The third-order valence-corrected chi connectivity index (χ3v) is 3.20. The summed E-state index contributed by atoms with van der Waals surface area (Å²) in [6.07, 6.45) is 3.44. The molecule has 104 valence electrons. The summed E-state index contributed by atoms with van der Waals surface area (Å²) >= 11 is 5.72. The lowest BCUT2D eigenvalue weighted by atomic mass is 10.2. The molecule has 1 saturated heterocycles. The molecule has 1 amide bonds. The van der Waals surface area contributed by atoms with Crippen LogP contribution in [0.5, 0.6) is 0 Å². The van der Waals surface area contributed by atoms with Crippen molar-refractivity contribution in [2.75, 3.05) is 11.9 Å². The number of anilines is 1. The van der Waals surface area contributed by atoms with Gasteiger partial charge in [-0.1, -0.05) is 16.8 Å². The molecule has 1 atom stereocenters. The molecule has 0 radical (unpaired) electrons. The Bertz CT molecular complexity index is 607. The highest BCUT2D eigenvalue weighted by molar-refractivity contribution is 6.30. The maximum Gasteiger partial charge on any atom is 0.298 e. The van der Waals surface area contributed by atoms with E-state index in [1.54, 1.807) is 12.1 Å². The zero-order valence-electron chi connectivity index (χ0n) is 10.5. The van der Waals surface area contributed by atoms with Gasteiger partial charge in [-0.25, -0.2) is 4.98 Å². The fourth-order valence-electron chi connectivity index (χ4n) is 1.99. The number of rotatable bonds is 3. The van der Waals surface area contributed by atoms with Gasteiger partial charge in [0.05, 0.1) is 11.1 Å². The fourth-order valence-corrected chi connectivity index (χ4v) is 2.10. The van der Waals surface area contributed by atoms with Crippen molar-refractivity contribution < 1.29 is 9.32 Å². The van der Waals surface area contributed by atoms with Gasteiger partial charge in [0.1, 0.15) is 5.82 Å². The normalized spacial score (nSPS) is 18.1. The molecule has 7 nitrogen and oxygen atoms in total. The van der Waals surface area contributed by atoms with E-state index >= 15 is 0 Å². The number of carbonyl (C=O) groups excluding carboxylic acids is 1. The van der Waals surface area contributed by atoms with E-state index in [0.717, 1.165) is 19.4 Å². The number of halogens is 1. The van der Waals surface area contributed by atoms with E-state index in [1.165, 1.54) is 6.20 Å². The quantitative estimate of drug-likeness (QED) is 0.896. The molecule has 1 unspecified atom stereocenters. The summed E-state index contributed by atoms with van der Waals surface area (Å²) in [6, 6.07) is 3.27. The molecule has 1 aliphatic heterocycles. The highest BCUT2D eigenvalue weighted by atomic mass is 35.5. The minimum absolute atomic E-state index is 0.00884. The average Bonchev–Trinajstić information content (AvgIpc) is 3.11. The number of hydrogen-bond donors (Lipinski definition) is 2. The molecule has 3 heterocycles. The summed E-state index contributed by atoms with van der Waals surface area (Å²) in [5.41, 5.74) is 0. The van der Waals surface area contributed by atoms with Gasteiger partial charge in [-0.05, 0) is 31.5 Å². The monoisotopic (exact) mass is 293 g/mol. The lowest BCUT2D eigenvalue weighted by Gasteiger charge is -2.02. The van der Waals surface area contributed by atoms with Gasteiger partial charge in [-0.3, -0.25) is 4.79 Å². The van der Waals surface area contributed by atoms with Gasteiger partial charge in [-0.15, -0.1) is 0 Å². The van der Waals surface area contributed by atoms with Crippen LogP contribution in [0.15, 0.2) is 22.9 Å². The molecular weight excluding hydrogens is 282 g/mol. The van der Waals surface area contributed by atoms with Crippen molar-refractivity contribution in [3.63, 3.8) is 0 Å². The van der Waals surface area contributed by atoms with Crippen LogP contribution in [0, 0.1) is 0 Å². The van der Waals surface area contributed by atoms with Gasteiger partial charge >= 0.3 is 0 Å². The SMILES string of the molecule is O=C(Nc1ccc(Cl)cn1)c1noc(C2CCCN2)n1. The van der Waals surface area contributed by atoms with E-state index in [2.05, 4.69) is 25.8 Å². The standard InChI is InChI=1S/C12H12ClN5O2/c13-7-3-4-9(15-6-7)16-11(19)10-17-12(20-18-10)8-2-1-5-14-8/h3-4,6,8,14H,1-2,5H2,(H,15,16,19). The largest absolute Gasteiger partial charge is 0.337 e. The predicted octanol–water partition coefficient (Wildman–Crippen LogP) is 1.79. The molecule has 0 bridgehead atoms. The Kier molecular flexibility index (Phi) is 3.62. The minimum atomic E-state index is -0.465. The van der Waals surface area contributed by atoms with Crippen LogP contribution in [0.1, 0.15) is 35.4 Å². The molecule has 3 rings (SSSR count). The van der Waals surface area contributed by atoms with Gasteiger partial charge in [0, 0.05) is 6.20 Å². The van der Waals surface area contributed by atoms with Gasteiger partial charge in [0.2, 0.25) is 5.89 Å². The van der Waals surface area contributed by atoms with Crippen LogP contribution in [0.2, 0.25) is 5.02 Å². The lowest BCUT2D eigenvalue weighted by Crippen LogP contribution is -2.16. The Balaban J connectivity index is 1.69. The zero-order valence-corrected chi connectivity index (χ0v) is 11.2.